The van der Waals surface area contributed by atoms with Crippen molar-refractivity contribution >= 4 is 18.0 Å². The lowest BCUT2D eigenvalue weighted by molar-refractivity contribution is 0.930. The van der Waals surface area contributed by atoms with Gasteiger partial charge < -0.3 is 5.32 Å². The van der Waals surface area contributed by atoms with E-state index >= 15 is 0 Å². The van der Waals surface area contributed by atoms with Gasteiger partial charge in [0.15, 0.2) is 0 Å². The second-order valence-corrected chi connectivity index (χ2v) is 3.80. The van der Waals surface area contributed by atoms with Gasteiger partial charge in [-0.15, -0.1) is 0 Å². The van der Waals surface area contributed by atoms with Crippen LogP contribution >= 0.6 is 0 Å². The summed E-state index contributed by atoms with van der Waals surface area (Å²) in [5.74, 6) is 0. The topological polar surface area (TPSA) is 24.4 Å². The Bertz CT molecular complexity index is 533. The minimum atomic E-state index is 0.875. The molecule has 16 heavy (non-hydrogen) atoms. The third-order valence-electron chi connectivity index (χ3n) is 2.73. The summed E-state index contributed by atoms with van der Waals surface area (Å²) in [6.45, 7) is 0.875. The fourth-order valence-electron chi connectivity index (χ4n) is 1.87. The van der Waals surface area contributed by atoms with Crippen LogP contribution in [0.25, 0.3) is 6.08 Å². The van der Waals surface area contributed by atoms with Gasteiger partial charge in [-0.3, -0.25) is 4.99 Å². The number of para-hydroxylation sites is 1. The Hall–Kier alpha value is -2.09. The first kappa shape index (κ1) is 9.16. The van der Waals surface area contributed by atoms with Crippen molar-refractivity contribution < 1.29 is 0 Å². The first-order valence-electron chi connectivity index (χ1n) is 5.39. The van der Waals surface area contributed by atoms with Crippen molar-refractivity contribution in [3.05, 3.63) is 59.3 Å². The molecule has 2 nitrogen and oxygen atoms in total. The maximum Gasteiger partial charge on any atom is 0.0702 e. The van der Waals surface area contributed by atoms with Gasteiger partial charge in [0, 0.05) is 12.1 Å². The van der Waals surface area contributed by atoms with E-state index in [4.69, 9.17) is 0 Å². The lowest BCUT2D eigenvalue weighted by atomic mass is 10.1. The van der Waals surface area contributed by atoms with Crippen LogP contribution in [0.4, 0.5) is 5.69 Å². The van der Waals surface area contributed by atoms with Crippen LogP contribution in [-0.2, 0) is 0 Å². The first-order valence-corrected chi connectivity index (χ1v) is 5.39. The standard InChI is InChI=1S/C14H12N2/c1-2-6-13-11(4-1)7-8-12-5-3-9-15-14(12)10-16-13/h1-8,10,15H,9H2. The number of hydrogen-bond donors (Lipinski definition) is 1. The third kappa shape index (κ3) is 1.58. The number of hydrogen-bond acceptors (Lipinski definition) is 2. The minimum Gasteiger partial charge on any atom is -0.380 e. The Balaban J connectivity index is 2.11. The molecule has 0 aliphatic carbocycles. The van der Waals surface area contributed by atoms with Crippen molar-refractivity contribution in [1.82, 2.24) is 5.32 Å². The molecule has 0 fully saturated rings. The van der Waals surface area contributed by atoms with Gasteiger partial charge in [0.05, 0.1) is 17.6 Å². The van der Waals surface area contributed by atoms with E-state index in [1.54, 1.807) is 0 Å². The van der Waals surface area contributed by atoms with E-state index in [0.717, 1.165) is 23.5 Å². The smallest absolute Gasteiger partial charge is 0.0702 e. The molecule has 1 aromatic carbocycles. The predicted octanol–water partition coefficient (Wildman–Crippen LogP) is 2.83. The van der Waals surface area contributed by atoms with Gasteiger partial charge in [-0.05, 0) is 11.6 Å². The molecule has 78 valence electrons. The van der Waals surface area contributed by atoms with Crippen LogP contribution in [0.3, 0.4) is 0 Å². The van der Waals surface area contributed by atoms with Crippen molar-refractivity contribution in [1.29, 1.82) is 0 Å². The molecule has 1 aromatic rings. The summed E-state index contributed by atoms with van der Waals surface area (Å²) in [6.07, 6.45) is 10.4. The Morgan fingerprint density at radius 3 is 3.00 bits per heavy atom. The maximum absolute atomic E-state index is 4.50. The summed E-state index contributed by atoms with van der Waals surface area (Å²) in [6, 6.07) is 8.15. The van der Waals surface area contributed by atoms with Crippen molar-refractivity contribution in [2.75, 3.05) is 6.54 Å². The molecule has 2 aliphatic rings. The SMILES string of the molecule is C1=CC2=C(C=Nc3ccccc3C=C2)NC1. The number of rotatable bonds is 0. The molecule has 0 unspecified atom stereocenters. The Labute approximate surface area is 94.7 Å². The van der Waals surface area contributed by atoms with Crippen LogP contribution in [0.5, 0.6) is 0 Å². The van der Waals surface area contributed by atoms with Gasteiger partial charge in [-0.2, -0.15) is 0 Å². The van der Waals surface area contributed by atoms with E-state index in [0.29, 0.717) is 0 Å². The van der Waals surface area contributed by atoms with Gasteiger partial charge in [-0.1, -0.05) is 42.5 Å². The molecule has 2 heteroatoms. The summed E-state index contributed by atoms with van der Waals surface area (Å²) < 4.78 is 0. The number of nitrogens with one attached hydrogen (secondary N) is 1. The zero-order chi connectivity index (χ0) is 10.8. The van der Waals surface area contributed by atoms with Crippen molar-refractivity contribution in [2.24, 2.45) is 4.99 Å². The highest BCUT2D eigenvalue weighted by molar-refractivity contribution is 5.86. The maximum atomic E-state index is 4.50. The molecule has 0 aromatic heterocycles. The van der Waals surface area contributed by atoms with Gasteiger partial charge in [0.1, 0.15) is 0 Å². The fraction of sp³-hybridized carbons (Fsp3) is 0.0714. The van der Waals surface area contributed by atoms with Gasteiger partial charge in [0.2, 0.25) is 0 Å². The highest BCUT2D eigenvalue weighted by atomic mass is 14.9. The number of benzene rings is 1. The van der Waals surface area contributed by atoms with E-state index in [-0.39, 0.29) is 0 Å². The van der Waals surface area contributed by atoms with Gasteiger partial charge in [0.25, 0.3) is 0 Å². The number of dihydropyridines is 1. The molecule has 0 amide bonds. The number of fused-ring (bicyclic) bond motifs is 1. The van der Waals surface area contributed by atoms with Crippen LogP contribution in [-0.4, -0.2) is 12.8 Å². The molecule has 2 aliphatic heterocycles. The molecule has 0 saturated heterocycles. The van der Waals surface area contributed by atoms with E-state index in [1.165, 1.54) is 5.57 Å². The average Bonchev–Trinajstić information content (AvgIpc) is 2.32. The first-order chi connectivity index (χ1) is 7.93. The molecule has 3 rings (SSSR count). The summed E-state index contributed by atoms with van der Waals surface area (Å²) >= 11 is 0. The van der Waals surface area contributed by atoms with Crippen molar-refractivity contribution in [3.63, 3.8) is 0 Å². The zero-order valence-electron chi connectivity index (χ0n) is 8.85. The van der Waals surface area contributed by atoms with E-state index in [1.807, 2.05) is 24.4 Å². The zero-order valence-corrected chi connectivity index (χ0v) is 8.85. The normalized spacial score (nSPS) is 17.2. The Morgan fingerprint density at radius 2 is 2.00 bits per heavy atom. The van der Waals surface area contributed by atoms with Crippen LogP contribution in [0.1, 0.15) is 5.56 Å². The van der Waals surface area contributed by atoms with Crippen LogP contribution in [0.2, 0.25) is 0 Å². The molecule has 2 heterocycles. The molecule has 0 spiro atoms. The molecule has 0 atom stereocenters. The van der Waals surface area contributed by atoms with E-state index in [9.17, 15) is 0 Å². The largest absolute Gasteiger partial charge is 0.380 e. The molecular formula is C14H12N2. The highest BCUT2D eigenvalue weighted by Gasteiger charge is 2.06. The minimum absolute atomic E-state index is 0.875. The molecule has 1 N–H and O–H groups in total. The highest BCUT2D eigenvalue weighted by Crippen LogP contribution is 2.23. The predicted molar refractivity (Wildman–Crippen MR) is 67.8 cm³/mol. The van der Waals surface area contributed by atoms with Crippen molar-refractivity contribution in [2.45, 2.75) is 0 Å². The summed E-state index contributed by atoms with van der Waals surface area (Å²) in [4.78, 5) is 4.50. The van der Waals surface area contributed by atoms with Crippen LogP contribution < -0.4 is 5.32 Å². The van der Waals surface area contributed by atoms with Crippen LogP contribution in [0, 0.1) is 0 Å². The van der Waals surface area contributed by atoms with Gasteiger partial charge >= 0.3 is 0 Å². The Morgan fingerprint density at radius 1 is 1.06 bits per heavy atom. The summed E-state index contributed by atoms with van der Waals surface area (Å²) in [7, 11) is 0. The second-order valence-electron chi connectivity index (χ2n) is 3.80. The molecule has 0 saturated carbocycles. The average molecular weight is 208 g/mol. The van der Waals surface area contributed by atoms with E-state index < -0.39 is 0 Å². The number of nitrogens with zero attached hydrogens (tertiary/aromatic N) is 1. The van der Waals surface area contributed by atoms with Gasteiger partial charge in [-0.25, -0.2) is 0 Å². The van der Waals surface area contributed by atoms with Crippen molar-refractivity contribution in [3.8, 4) is 0 Å². The quantitative estimate of drug-likeness (QED) is 0.696. The molecule has 0 bridgehead atoms. The Kier molecular flexibility index (Phi) is 2.18. The summed E-state index contributed by atoms with van der Waals surface area (Å²) in [5, 5.41) is 3.31. The second kappa shape index (κ2) is 3.81. The number of aliphatic imine (C=N–C) groups is 1. The lowest BCUT2D eigenvalue weighted by Gasteiger charge is -2.14. The lowest BCUT2D eigenvalue weighted by Crippen LogP contribution is -2.19. The van der Waals surface area contributed by atoms with Crippen LogP contribution in [0.15, 0.2) is 58.8 Å². The van der Waals surface area contributed by atoms with E-state index in [2.05, 4.69) is 40.7 Å². The molecule has 0 radical (unpaired) electrons. The fourth-order valence-corrected chi connectivity index (χ4v) is 1.87. The monoisotopic (exact) mass is 208 g/mol. The molecular weight excluding hydrogens is 196 g/mol. The number of allylic oxidation sites excluding steroid dienone is 4. The third-order valence-corrected chi connectivity index (χ3v) is 2.73. The summed E-state index contributed by atoms with van der Waals surface area (Å²) in [5.41, 5.74) is 4.45.